The van der Waals surface area contributed by atoms with E-state index in [1.807, 2.05) is 26.8 Å². The van der Waals surface area contributed by atoms with Gasteiger partial charge in [0.1, 0.15) is 6.04 Å². The Labute approximate surface area is 148 Å². The van der Waals surface area contributed by atoms with E-state index in [4.69, 9.17) is 11.6 Å². The molecule has 0 amide bonds. The van der Waals surface area contributed by atoms with Gasteiger partial charge in [0, 0.05) is 0 Å². The number of benzene rings is 2. The number of nitrogens with zero attached hydrogens (tertiary/aromatic N) is 1. The first-order valence-corrected chi connectivity index (χ1v) is 9.33. The fraction of sp³-hybridized carbons (Fsp3) is 0.278. The van der Waals surface area contributed by atoms with Crippen molar-refractivity contribution in [3.63, 3.8) is 0 Å². The SMILES string of the molecule is Cc1ccc(S(=O)(=O)N(c2cc(C)cc(C)c2)C(C)C(=O)Cl)cc1. The van der Waals surface area contributed by atoms with E-state index < -0.39 is 21.3 Å². The Hall–Kier alpha value is -1.85. The predicted octanol–water partition coefficient (Wildman–Crippen LogP) is 3.96. The number of sulfonamides is 1. The van der Waals surface area contributed by atoms with Gasteiger partial charge in [0.2, 0.25) is 5.24 Å². The average Bonchev–Trinajstić information content (AvgIpc) is 2.46. The molecular formula is C18H20ClNO3S. The molecule has 0 radical (unpaired) electrons. The van der Waals surface area contributed by atoms with Crippen molar-refractivity contribution in [3.05, 3.63) is 59.2 Å². The van der Waals surface area contributed by atoms with Crippen molar-refractivity contribution >= 4 is 32.6 Å². The molecule has 0 saturated heterocycles. The van der Waals surface area contributed by atoms with E-state index in [1.165, 1.54) is 19.1 Å². The maximum absolute atomic E-state index is 13.1. The van der Waals surface area contributed by atoms with Crippen LogP contribution in [0.2, 0.25) is 0 Å². The molecule has 24 heavy (non-hydrogen) atoms. The molecule has 6 heteroatoms. The molecule has 2 aromatic carbocycles. The molecule has 0 saturated carbocycles. The van der Waals surface area contributed by atoms with Gasteiger partial charge in [0.15, 0.2) is 0 Å². The Kier molecular flexibility index (Phi) is 5.35. The molecule has 2 rings (SSSR count). The van der Waals surface area contributed by atoms with Crippen molar-refractivity contribution in [1.82, 2.24) is 0 Å². The van der Waals surface area contributed by atoms with Crippen molar-refractivity contribution < 1.29 is 13.2 Å². The number of carbonyl (C=O) groups is 1. The van der Waals surface area contributed by atoms with Crippen molar-refractivity contribution in [1.29, 1.82) is 0 Å². The van der Waals surface area contributed by atoms with Gasteiger partial charge in [0.25, 0.3) is 10.0 Å². The minimum Gasteiger partial charge on any atom is -0.279 e. The highest BCUT2D eigenvalue weighted by atomic mass is 35.5. The first-order valence-electron chi connectivity index (χ1n) is 7.51. The van der Waals surface area contributed by atoms with Crippen molar-refractivity contribution in [3.8, 4) is 0 Å². The zero-order valence-corrected chi connectivity index (χ0v) is 15.6. The molecule has 128 valence electrons. The summed E-state index contributed by atoms with van der Waals surface area (Å²) in [4.78, 5) is 11.8. The van der Waals surface area contributed by atoms with Crippen LogP contribution in [0, 0.1) is 20.8 Å². The molecule has 0 heterocycles. The van der Waals surface area contributed by atoms with Crippen LogP contribution in [0.3, 0.4) is 0 Å². The van der Waals surface area contributed by atoms with Gasteiger partial charge in [-0.25, -0.2) is 8.42 Å². The van der Waals surface area contributed by atoms with Gasteiger partial charge in [-0.3, -0.25) is 9.10 Å². The van der Waals surface area contributed by atoms with Crippen LogP contribution in [0.4, 0.5) is 5.69 Å². The fourth-order valence-electron chi connectivity index (χ4n) is 2.56. The van der Waals surface area contributed by atoms with E-state index in [0.29, 0.717) is 5.69 Å². The number of rotatable bonds is 5. The second kappa shape index (κ2) is 6.95. The maximum Gasteiger partial charge on any atom is 0.265 e. The Morgan fingerprint density at radius 2 is 1.46 bits per heavy atom. The molecule has 0 aromatic heterocycles. The molecule has 0 spiro atoms. The Morgan fingerprint density at radius 3 is 1.92 bits per heavy atom. The molecular weight excluding hydrogens is 346 g/mol. The number of hydrogen-bond acceptors (Lipinski definition) is 3. The van der Waals surface area contributed by atoms with Crippen LogP contribution < -0.4 is 4.31 Å². The molecule has 2 aromatic rings. The first-order chi connectivity index (χ1) is 11.1. The highest BCUT2D eigenvalue weighted by Gasteiger charge is 2.32. The molecule has 0 aliphatic rings. The second-order valence-electron chi connectivity index (χ2n) is 5.94. The lowest BCUT2D eigenvalue weighted by atomic mass is 10.1. The number of aryl methyl sites for hydroxylation is 3. The lowest BCUT2D eigenvalue weighted by molar-refractivity contribution is -0.112. The van der Waals surface area contributed by atoms with Gasteiger partial charge in [-0.1, -0.05) is 23.8 Å². The van der Waals surface area contributed by atoms with Crippen molar-refractivity contribution in [2.75, 3.05) is 4.31 Å². The van der Waals surface area contributed by atoms with E-state index in [0.717, 1.165) is 21.0 Å². The Bertz CT molecular complexity index is 840. The van der Waals surface area contributed by atoms with Gasteiger partial charge < -0.3 is 0 Å². The predicted molar refractivity (Wildman–Crippen MR) is 97.1 cm³/mol. The summed E-state index contributed by atoms with van der Waals surface area (Å²) in [5.74, 6) is 0. The summed E-state index contributed by atoms with van der Waals surface area (Å²) in [7, 11) is -3.92. The third-order valence-corrected chi connectivity index (χ3v) is 5.95. The van der Waals surface area contributed by atoms with E-state index in [1.54, 1.807) is 24.3 Å². The lowest BCUT2D eigenvalue weighted by Crippen LogP contribution is -2.42. The molecule has 4 nitrogen and oxygen atoms in total. The summed E-state index contributed by atoms with van der Waals surface area (Å²) in [6.07, 6.45) is 0. The Morgan fingerprint density at radius 1 is 0.958 bits per heavy atom. The maximum atomic E-state index is 13.1. The summed E-state index contributed by atoms with van der Waals surface area (Å²) in [5.41, 5.74) is 3.19. The summed E-state index contributed by atoms with van der Waals surface area (Å²) in [6, 6.07) is 10.9. The minimum absolute atomic E-state index is 0.122. The summed E-state index contributed by atoms with van der Waals surface area (Å²) in [6.45, 7) is 7.11. The van der Waals surface area contributed by atoms with Gasteiger partial charge in [-0.05, 0) is 74.7 Å². The molecule has 1 unspecified atom stereocenters. The van der Waals surface area contributed by atoms with E-state index >= 15 is 0 Å². The van der Waals surface area contributed by atoms with Crippen LogP contribution in [0.15, 0.2) is 47.4 Å². The number of hydrogen-bond donors (Lipinski definition) is 0. The molecule has 1 atom stereocenters. The Balaban J connectivity index is 2.66. The third-order valence-electron chi connectivity index (χ3n) is 3.72. The monoisotopic (exact) mass is 365 g/mol. The average molecular weight is 366 g/mol. The molecule has 0 N–H and O–H groups in total. The first kappa shape index (κ1) is 18.5. The van der Waals surface area contributed by atoms with E-state index in [2.05, 4.69) is 0 Å². The quantitative estimate of drug-likeness (QED) is 0.753. The summed E-state index contributed by atoms with van der Waals surface area (Å²) in [5, 5.41) is -0.732. The van der Waals surface area contributed by atoms with Crippen LogP contribution in [0.1, 0.15) is 23.6 Å². The van der Waals surface area contributed by atoms with Gasteiger partial charge in [0.05, 0.1) is 10.6 Å². The van der Waals surface area contributed by atoms with Crippen LogP contribution >= 0.6 is 11.6 Å². The van der Waals surface area contributed by atoms with E-state index in [-0.39, 0.29) is 4.90 Å². The smallest absolute Gasteiger partial charge is 0.265 e. The van der Waals surface area contributed by atoms with Gasteiger partial charge >= 0.3 is 0 Å². The van der Waals surface area contributed by atoms with Crippen molar-refractivity contribution in [2.24, 2.45) is 0 Å². The number of carbonyl (C=O) groups excluding carboxylic acids is 1. The molecule has 0 aliphatic carbocycles. The third kappa shape index (κ3) is 3.79. The van der Waals surface area contributed by atoms with Crippen LogP contribution in [-0.2, 0) is 14.8 Å². The normalized spacial score (nSPS) is 12.7. The van der Waals surface area contributed by atoms with Crippen LogP contribution in [0.25, 0.3) is 0 Å². The lowest BCUT2D eigenvalue weighted by Gasteiger charge is -2.29. The van der Waals surface area contributed by atoms with Crippen LogP contribution in [0.5, 0.6) is 0 Å². The summed E-state index contributed by atoms with van der Waals surface area (Å²) >= 11 is 5.63. The molecule has 0 aliphatic heterocycles. The van der Waals surface area contributed by atoms with E-state index in [9.17, 15) is 13.2 Å². The number of halogens is 1. The zero-order chi connectivity index (χ0) is 18.1. The standard InChI is InChI=1S/C18H20ClNO3S/c1-12-5-7-17(8-6-12)24(22,23)20(15(4)18(19)21)16-10-13(2)9-14(3)11-16/h5-11,15H,1-4H3. The highest BCUT2D eigenvalue weighted by molar-refractivity contribution is 7.93. The molecule has 0 fully saturated rings. The second-order valence-corrected chi connectivity index (χ2v) is 8.13. The van der Waals surface area contributed by atoms with Crippen LogP contribution in [-0.4, -0.2) is 19.7 Å². The minimum atomic E-state index is -3.92. The summed E-state index contributed by atoms with van der Waals surface area (Å²) < 4.78 is 27.3. The fourth-order valence-corrected chi connectivity index (χ4v) is 4.32. The van der Waals surface area contributed by atoms with Gasteiger partial charge in [-0.15, -0.1) is 0 Å². The van der Waals surface area contributed by atoms with Crippen molar-refractivity contribution in [2.45, 2.75) is 38.6 Å². The largest absolute Gasteiger partial charge is 0.279 e. The highest BCUT2D eigenvalue weighted by Crippen LogP contribution is 2.29. The zero-order valence-electron chi connectivity index (χ0n) is 14.1. The molecule has 0 bridgehead atoms. The van der Waals surface area contributed by atoms with Gasteiger partial charge in [-0.2, -0.15) is 0 Å². The topological polar surface area (TPSA) is 54.5 Å². The number of anilines is 1.